The fourth-order valence-electron chi connectivity index (χ4n) is 1.42. The van der Waals surface area contributed by atoms with Crippen LogP contribution in [0.25, 0.3) is 0 Å². The minimum Gasteiger partial charge on any atom is -0.469 e. The molecule has 5 heteroatoms. The van der Waals surface area contributed by atoms with Crippen molar-refractivity contribution < 1.29 is 9.53 Å². The van der Waals surface area contributed by atoms with E-state index in [2.05, 4.69) is 41.9 Å². The van der Waals surface area contributed by atoms with Gasteiger partial charge in [-0.2, -0.15) is 0 Å². The number of hydrogen-bond acceptors (Lipinski definition) is 3. The summed E-state index contributed by atoms with van der Waals surface area (Å²) in [6.07, 6.45) is 1.18. The lowest BCUT2D eigenvalue weighted by Crippen LogP contribution is -2.07. The van der Waals surface area contributed by atoms with Crippen LogP contribution in [0.1, 0.15) is 18.4 Å². The SMILES string of the molecule is COC(=O)CCCNc1c(Br)cc(C)cc1Br. The third-order valence-electron chi connectivity index (χ3n) is 2.27. The number of hydrogen-bond donors (Lipinski definition) is 1. The first-order valence-electron chi connectivity index (χ1n) is 5.31. The second-order valence-corrected chi connectivity index (χ2v) is 5.42. The van der Waals surface area contributed by atoms with Gasteiger partial charge in [-0.05, 0) is 62.9 Å². The van der Waals surface area contributed by atoms with E-state index in [0.29, 0.717) is 6.42 Å². The Morgan fingerprint density at radius 1 is 1.35 bits per heavy atom. The first kappa shape index (κ1) is 14.5. The molecule has 0 amide bonds. The lowest BCUT2D eigenvalue weighted by molar-refractivity contribution is -0.140. The number of carbonyl (C=O) groups is 1. The van der Waals surface area contributed by atoms with Gasteiger partial charge in [-0.3, -0.25) is 4.79 Å². The largest absolute Gasteiger partial charge is 0.469 e. The van der Waals surface area contributed by atoms with E-state index >= 15 is 0 Å². The number of carbonyl (C=O) groups excluding carboxylic acids is 1. The fraction of sp³-hybridized carbons (Fsp3) is 0.417. The molecular weight excluding hydrogens is 350 g/mol. The molecule has 0 radical (unpaired) electrons. The van der Waals surface area contributed by atoms with E-state index in [4.69, 9.17) is 0 Å². The van der Waals surface area contributed by atoms with Crippen LogP contribution in [0.15, 0.2) is 21.1 Å². The molecule has 3 nitrogen and oxygen atoms in total. The Morgan fingerprint density at radius 3 is 2.47 bits per heavy atom. The van der Waals surface area contributed by atoms with Gasteiger partial charge in [0.2, 0.25) is 0 Å². The number of esters is 1. The van der Waals surface area contributed by atoms with Gasteiger partial charge < -0.3 is 10.1 Å². The van der Waals surface area contributed by atoms with Crippen molar-refractivity contribution in [2.45, 2.75) is 19.8 Å². The monoisotopic (exact) mass is 363 g/mol. The van der Waals surface area contributed by atoms with E-state index < -0.39 is 0 Å². The van der Waals surface area contributed by atoms with Crippen molar-refractivity contribution >= 4 is 43.5 Å². The van der Waals surface area contributed by atoms with Gasteiger partial charge in [-0.1, -0.05) is 0 Å². The number of nitrogens with one attached hydrogen (secondary N) is 1. The number of aryl methyl sites for hydroxylation is 1. The number of benzene rings is 1. The van der Waals surface area contributed by atoms with Crippen molar-refractivity contribution in [1.29, 1.82) is 0 Å². The normalized spacial score (nSPS) is 10.1. The first-order chi connectivity index (χ1) is 8.04. The van der Waals surface area contributed by atoms with Gasteiger partial charge in [0.15, 0.2) is 0 Å². The summed E-state index contributed by atoms with van der Waals surface area (Å²) >= 11 is 7.02. The average Bonchev–Trinajstić information content (AvgIpc) is 2.26. The van der Waals surface area contributed by atoms with Gasteiger partial charge in [-0.25, -0.2) is 0 Å². The van der Waals surface area contributed by atoms with Crippen molar-refractivity contribution in [3.05, 3.63) is 26.6 Å². The Bertz CT molecular complexity index is 384. The van der Waals surface area contributed by atoms with Crippen LogP contribution in [0.5, 0.6) is 0 Å². The van der Waals surface area contributed by atoms with Crippen LogP contribution in [0.2, 0.25) is 0 Å². The van der Waals surface area contributed by atoms with Gasteiger partial charge in [0, 0.05) is 21.9 Å². The average molecular weight is 365 g/mol. The molecule has 0 saturated heterocycles. The maximum Gasteiger partial charge on any atom is 0.305 e. The smallest absolute Gasteiger partial charge is 0.305 e. The van der Waals surface area contributed by atoms with Crippen molar-refractivity contribution in [2.24, 2.45) is 0 Å². The zero-order valence-electron chi connectivity index (χ0n) is 9.85. The molecule has 0 aromatic heterocycles. The highest BCUT2D eigenvalue weighted by Gasteiger charge is 2.06. The predicted octanol–water partition coefficient (Wildman–Crippen LogP) is 3.89. The highest BCUT2D eigenvalue weighted by molar-refractivity contribution is 9.11. The maximum absolute atomic E-state index is 10.9. The second-order valence-electron chi connectivity index (χ2n) is 3.71. The van der Waals surface area contributed by atoms with Crippen LogP contribution >= 0.6 is 31.9 Å². The minimum atomic E-state index is -0.172. The third-order valence-corrected chi connectivity index (χ3v) is 3.52. The topological polar surface area (TPSA) is 38.3 Å². The summed E-state index contributed by atoms with van der Waals surface area (Å²) in [6, 6.07) is 4.10. The predicted molar refractivity (Wildman–Crippen MR) is 76.3 cm³/mol. The van der Waals surface area contributed by atoms with E-state index in [1.165, 1.54) is 12.7 Å². The number of methoxy groups -OCH3 is 1. The van der Waals surface area contributed by atoms with Crippen LogP contribution in [0.3, 0.4) is 0 Å². The Morgan fingerprint density at radius 2 is 1.94 bits per heavy atom. The maximum atomic E-state index is 10.9. The lowest BCUT2D eigenvalue weighted by Gasteiger charge is -2.11. The number of rotatable bonds is 5. The number of halogens is 2. The third kappa shape index (κ3) is 4.68. The van der Waals surface area contributed by atoms with Gasteiger partial charge in [0.25, 0.3) is 0 Å². The van der Waals surface area contributed by atoms with Crippen LogP contribution in [-0.4, -0.2) is 19.6 Å². The molecule has 0 spiro atoms. The molecule has 0 heterocycles. The molecule has 0 aliphatic heterocycles. The van der Waals surface area contributed by atoms with Crippen molar-refractivity contribution in [3.8, 4) is 0 Å². The summed E-state index contributed by atoms with van der Waals surface area (Å²) in [5.74, 6) is -0.172. The van der Waals surface area contributed by atoms with Crippen LogP contribution in [-0.2, 0) is 9.53 Å². The molecular formula is C12H15Br2NO2. The van der Waals surface area contributed by atoms with E-state index in [1.807, 2.05) is 19.1 Å². The summed E-state index contributed by atoms with van der Waals surface area (Å²) in [4.78, 5) is 10.9. The molecule has 1 rings (SSSR count). The molecule has 94 valence electrons. The van der Waals surface area contributed by atoms with Crippen LogP contribution in [0, 0.1) is 6.92 Å². The van der Waals surface area contributed by atoms with Gasteiger partial charge in [0.1, 0.15) is 0 Å². The zero-order valence-corrected chi connectivity index (χ0v) is 13.0. The summed E-state index contributed by atoms with van der Waals surface area (Å²) < 4.78 is 6.61. The van der Waals surface area contributed by atoms with Gasteiger partial charge in [-0.15, -0.1) is 0 Å². The van der Waals surface area contributed by atoms with E-state index in [-0.39, 0.29) is 5.97 Å². The van der Waals surface area contributed by atoms with Crippen molar-refractivity contribution in [3.63, 3.8) is 0 Å². The van der Waals surface area contributed by atoms with E-state index in [9.17, 15) is 4.79 Å². The lowest BCUT2D eigenvalue weighted by atomic mass is 10.2. The highest BCUT2D eigenvalue weighted by atomic mass is 79.9. The second kappa shape index (κ2) is 7.01. The Hall–Kier alpha value is -0.550. The zero-order chi connectivity index (χ0) is 12.8. The molecule has 1 N–H and O–H groups in total. The Labute approximate surface area is 118 Å². The van der Waals surface area contributed by atoms with Crippen molar-refractivity contribution in [1.82, 2.24) is 0 Å². The molecule has 0 bridgehead atoms. The molecule has 0 aliphatic carbocycles. The molecule has 0 atom stereocenters. The molecule has 0 fully saturated rings. The summed E-state index contributed by atoms with van der Waals surface area (Å²) in [5.41, 5.74) is 2.20. The van der Waals surface area contributed by atoms with Gasteiger partial charge in [0.05, 0.1) is 12.8 Å². The van der Waals surface area contributed by atoms with E-state index in [0.717, 1.165) is 27.6 Å². The summed E-state index contributed by atoms with van der Waals surface area (Å²) in [6.45, 7) is 2.77. The number of anilines is 1. The van der Waals surface area contributed by atoms with Crippen LogP contribution < -0.4 is 5.32 Å². The quantitative estimate of drug-likeness (QED) is 0.636. The van der Waals surface area contributed by atoms with Gasteiger partial charge >= 0.3 is 5.97 Å². The first-order valence-corrected chi connectivity index (χ1v) is 6.89. The number of ether oxygens (including phenoxy) is 1. The molecule has 0 saturated carbocycles. The highest BCUT2D eigenvalue weighted by Crippen LogP contribution is 2.32. The standard InChI is InChI=1S/C12H15Br2NO2/c1-8-6-9(13)12(10(14)7-8)15-5-3-4-11(16)17-2/h6-7,15H,3-5H2,1-2H3. The molecule has 17 heavy (non-hydrogen) atoms. The van der Waals surface area contributed by atoms with E-state index in [1.54, 1.807) is 0 Å². The minimum absolute atomic E-state index is 0.172. The molecule has 1 aromatic rings. The summed E-state index contributed by atoms with van der Waals surface area (Å²) in [7, 11) is 1.41. The Kier molecular flexibility index (Phi) is 5.98. The molecule has 0 aliphatic rings. The van der Waals surface area contributed by atoms with Crippen molar-refractivity contribution in [2.75, 3.05) is 19.0 Å². The molecule has 1 aromatic carbocycles. The Balaban J connectivity index is 2.50. The molecule has 0 unspecified atom stereocenters. The van der Waals surface area contributed by atoms with Crippen LogP contribution in [0.4, 0.5) is 5.69 Å². The summed E-state index contributed by atoms with van der Waals surface area (Å²) in [5, 5.41) is 3.29. The fourth-order valence-corrected chi connectivity index (χ4v) is 3.11.